The first kappa shape index (κ1) is 32.6. The fourth-order valence-electron chi connectivity index (χ4n) is 4.31. The van der Waals surface area contributed by atoms with E-state index in [-0.39, 0.29) is 54.6 Å². The van der Waals surface area contributed by atoms with Crippen molar-refractivity contribution in [3.63, 3.8) is 0 Å². The fourth-order valence-corrected chi connectivity index (χ4v) is 5.35. The number of benzene rings is 1. The molecule has 0 aliphatic carbocycles. The van der Waals surface area contributed by atoms with Gasteiger partial charge >= 0.3 is 12.2 Å². The number of hydrogen-bond donors (Lipinski definition) is 1. The first-order valence-corrected chi connectivity index (χ1v) is 16.7. The van der Waals surface area contributed by atoms with Crippen molar-refractivity contribution in [2.75, 3.05) is 33.3 Å². The van der Waals surface area contributed by atoms with Crippen LogP contribution in [-0.4, -0.2) is 91.6 Å². The van der Waals surface area contributed by atoms with Crippen molar-refractivity contribution in [2.24, 2.45) is 5.41 Å². The van der Waals surface area contributed by atoms with Gasteiger partial charge in [0.2, 0.25) is 5.91 Å². The predicted octanol–water partition coefficient (Wildman–Crippen LogP) is 5.66. The molecule has 1 aromatic carbocycles. The van der Waals surface area contributed by atoms with Gasteiger partial charge in [-0.05, 0) is 35.5 Å². The van der Waals surface area contributed by atoms with Crippen LogP contribution < -0.4 is 0 Å². The Morgan fingerprint density at radius 2 is 1.69 bits per heavy atom. The average Bonchev–Trinajstić information content (AvgIpc) is 2.85. The molecule has 1 N–H and O–H groups in total. The van der Waals surface area contributed by atoms with Gasteiger partial charge in [-0.25, -0.2) is 9.59 Å². The summed E-state index contributed by atoms with van der Waals surface area (Å²) in [5, 5.41) is 9.50. The lowest BCUT2D eigenvalue weighted by atomic mass is 9.84. The molecule has 1 aliphatic rings. The van der Waals surface area contributed by atoms with Crippen molar-refractivity contribution in [2.45, 2.75) is 91.2 Å². The number of piperazine rings is 1. The quantitative estimate of drug-likeness (QED) is 0.389. The highest BCUT2D eigenvalue weighted by atomic mass is 28.4. The zero-order chi connectivity index (χ0) is 29.6. The Hall–Kier alpha value is -2.59. The second-order valence-corrected chi connectivity index (χ2v) is 17.9. The summed E-state index contributed by atoms with van der Waals surface area (Å²) in [5.74, 6) is -0.0386. The number of ether oxygens (including phenoxy) is 1. The van der Waals surface area contributed by atoms with Crippen LogP contribution in [0.3, 0.4) is 0 Å². The van der Waals surface area contributed by atoms with Crippen molar-refractivity contribution >= 4 is 26.4 Å². The van der Waals surface area contributed by atoms with E-state index in [4.69, 9.17) is 9.16 Å². The number of carbonyl (C=O) groups excluding carboxylic acids is 2. The van der Waals surface area contributed by atoms with Crippen LogP contribution in [0.1, 0.15) is 59.9 Å². The van der Waals surface area contributed by atoms with Crippen LogP contribution in [0.25, 0.3) is 0 Å². The van der Waals surface area contributed by atoms with Gasteiger partial charge in [-0.2, -0.15) is 0 Å². The molecule has 1 fully saturated rings. The van der Waals surface area contributed by atoms with Crippen LogP contribution in [0.15, 0.2) is 30.3 Å². The Balaban J connectivity index is 2.14. The molecule has 0 spiro atoms. The molecule has 1 aromatic rings. The van der Waals surface area contributed by atoms with Gasteiger partial charge in [-0.1, -0.05) is 71.9 Å². The fraction of sp³-hybridized carbons (Fsp3) is 0.690. The molecule has 1 saturated heterocycles. The average molecular weight is 564 g/mol. The van der Waals surface area contributed by atoms with E-state index in [1.54, 1.807) is 11.9 Å². The van der Waals surface area contributed by atoms with E-state index < -0.39 is 20.5 Å². The number of likely N-dealkylation sites (N-methyl/N-ethyl adjacent to an activating group) is 1. The van der Waals surface area contributed by atoms with Crippen molar-refractivity contribution in [3.05, 3.63) is 35.9 Å². The smallest absolute Gasteiger partial charge is 0.410 e. The zero-order valence-electron chi connectivity index (χ0n) is 25.3. The minimum Gasteiger partial charge on any atom is -0.465 e. The van der Waals surface area contributed by atoms with Crippen LogP contribution in [0.4, 0.5) is 9.59 Å². The monoisotopic (exact) mass is 563 g/mol. The standard InChI is InChI=1S/C29H49N3O6Si/c1-28(2,3)24-19-31(26(34)35)17-18-32(24)25(33)16-15-23(21-38-39(8,9)29(4,5)6)30(7)27(36)37-20-22-13-11-10-12-14-22/h10-14,23-24H,15-21H2,1-9H3,(H,34,35). The Morgan fingerprint density at radius 1 is 1.08 bits per heavy atom. The van der Waals surface area contributed by atoms with E-state index in [9.17, 15) is 19.5 Å². The highest BCUT2D eigenvalue weighted by Gasteiger charge is 2.40. The third-order valence-corrected chi connectivity index (χ3v) is 12.6. The molecule has 9 nitrogen and oxygen atoms in total. The molecule has 1 heterocycles. The van der Waals surface area contributed by atoms with Crippen LogP contribution in [0.2, 0.25) is 18.1 Å². The number of carbonyl (C=O) groups is 3. The number of carboxylic acid groups (broad SMARTS) is 1. The molecule has 1 aliphatic heterocycles. The molecular weight excluding hydrogens is 514 g/mol. The summed E-state index contributed by atoms with van der Waals surface area (Å²) in [6.07, 6.45) is -0.783. The molecule has 39 heavy (non-hydrogen) atoms. The van der Waals surface area contributed by atoms with Crippen molar-refractivity contribution in [1.29, 1.82) is 0 Å². The maximum atomic E-state index is 13.5. The van der Waals surface area contributed by atoms with Gasteiger partial charge in [0.25, 0.3) is 0 Å². The second-order valence-electron chi connectivity index (χ2n) is 13.1. The number of rotatable bonds is 9. The van der Waals surface area contributed by atoms with Crippen molar-refractivity contribution in [1.82, 2.24) is 14.7 Å². The Bertz CT molecular complexity index is 973. The van der Waals surface area contributed by atoms with E-state index in [1.807, 2.05) is 56.0 Å². The minimum atomic E-state index is -2.10. The highest BCUT2D eigenvalue weighted by Crippen LogP contribution is 2.37. The lowest BCUT2D eigenvalue weighted by molar-refractivity contribution is -0.139. The summed E-state index contributed by atoms with van der Waals surface area (Å²) in [4.78, 5) is 42.8. The summed E-state index contributed by atoms with van der Waals surface area (Å²) < 4.78 is 12.1. The minimum absolute atomic E-state index is 0.00348. The summed E-state index contributed by atoms with van der Waals surface area (Å²) >= 11 is 0. The van der Waals surface area contributed by atoms with Gasteiger partial charge < -0.3 is 29.0 Å². The molecule has 10 heteroatoms. The van der Waals surface area contributed by atoms with Gasteiger partial charge in [-0.3, -0.25) is 4.79 Å². The predicted molar refractivity (Wildman–Crippen MR) is 155 cm³/mol. The normalized spacial score (nSPS) is 17.5. The summed E-state index contributed by atoms with van der Waals surface area (Å²) in [6.45, 7) is 18.3. The van der Waals surface area contributed by atoms with E-state index >= 15 is 0 Å². The lowest BCUT2D eigenvalue weighted by Crippen LogP contribution is -2.60. The Kier molecular flexibility index (Phi) is 11.0. The summed E-state index contributed by atoms with van der Waals surface area (Å²) in [5.41, 5.74) is 0.615. The van der Waals surface area contributed by atoms with Gasteiger partial charge in [-0.15, -0.1) is 0 Å². The maximum Gasteiger partial charge on any atom is 0.410 e. The second kappa shape index (κ2) is 13.2. The van der Waals surface area contributed by atoms with E-state index in [1.165, 1.54) is 4.90 Å². The van der Waals surface area contributed by atoms with Gasteiger partial charge in [0.15, 0.2) is 8.32 Å². The number of amides is 3. The number of hydrogen-bond acceptors (Lipinski definition) is 5. The molecule has 2 rings (SSSR count). The van der Waals surface area contributed by atoms with Crippen LogP contribution in [0, 0.1) is 5.41 Å². The maximum absolute atomic E-state index is 13.5. The Labute approximate surface area is 235 Å². The number of nitrogens with zero attached hydrogens (tertiary/aromatic N) is 3. The Morgan fingerprint density at radius 3 is 2.23 bits per heavy atom. The molecule has 0 saturated carbocycles. The molecule has 0 bridgehead atoms. The van der Waals surface area contributed by atoms with Crippen molar-refractivity contribution < 1.29 is 28.7 Å². The molecular formula is C29H49N3O6Si. The molecule has 0 radical (unpaired) electrons. The summed E-state index contributed by atoms with van der Waals surface area (Å²) in [6, 6.07) is 8.93. The van der Waals surface area contributed by atoms with Gasteiger partial charge in [0.1, 0.15) is 6.61 Å². The highest BCUT2D eigenvalue weighted by molar-refractivity contribution is 6.74. The van der Waals surface area contributed by atoms with Gasteiger partial charge in [0.05, 0.1) is 18.7 Å². The molecule has 3 amide bonds. The van der Waals surface area contributed by atoms with E-state index in [0.717, 1.165) is 5.56 Å². The van der Waals surface area contributed by atoms with Crippen molar-refractivity contribution in [3.8, 4) is 0 Å². The SMILES string of the molecule is CN(C(=O)OCc1ccccc1)C(CCC(=O)N1CCN(C(=O)O)CC1C(C)(C)C)CO[Si](C)(C)C(C)(C)C. The third kappa shape index (κ3) is 9.24. The zero-order valence-corrected chi connectivity index (χ0v) is 26.3. The van der Waals surface area contributed by atoms with Gasteiger partial charge in [0, 0.05) is 33.1 Å². The van der Waals surface area contributed by atoms with Crippen LogP contribution in [-0.2, 0) is 20.6 Å². The molecule has 2 unspecified atom stereocenters. The first-order valence-electron chi connectivity index (χ1n) is 13.8. The van der Waals surface area contributed by atoms with Crippen LogP contribution in [0.5, 0.6) is 0 Å². The topological polar surface area (TPSA) is 99.6 Å². The molecule has 220 valence electrons. The van der Waals surface area contributed by atoms with E-state index in [0.29, 0.717) is 19.6 Å². The molecule has 2 atom stereocenters. The van der Waals surface area contributed by atoms with E-state index in [2.05, 4.69) is 33.9 Å². The molecule has 0 aromatic heterocycles. The first-order chi connectivity index (χ1) is 17.9. The third-order valence-electron chi connectivity index (χ3n) is 8.15. The lowest BCUT2D eigenvalue weighted by Gasteiger charge is -2.46. The summed E-state index contributed by atoms with van der Waals surface area (Å²) in [7, 11) is -0.402. The van der Waals surface area contributed by atoms with Crippen LogP contribution >= 0.6 is 0 Å². The largest absolute Gasteiger partial charge is 0.465 e.